The van der Waals surface area contributed by atoms with Gasteiger partial charge in [0, 0.05) is 44.8 Å². The zero-order chi connectivity index (χ0) is 11.9. The molecular weight excluding hydrogens is 250 g/mol. The maximum absolute atomic E-state index is 11.7. The Morgan fingerprint density at radius 3 is 2.56 bits per heavy atom. The smallest absolute Gasteiger partial charge is 0.251 e. The number of rotatable bonds is 4. The highest BCUT2D eigenvalue weighted by Gasteiger charge is 2.09. The van der Waals surface area contributed by atoms with Crippen LogP contribution < -0.4 is 10.6 Å². The van der Waals surface area contributed by atoms with Gasteiger partial charge in [0.1, 0.15) is 0 Å². The summed E-state index contributed by atoms with van der Waals surface area (Å²) in [5.41, 5.74) is 0.729. The van der Waals surface area contributed by atoms with Crippen LogP contribution in [0.25, 0.3) is 0 Å². The molecule has 0 unspecified atom stereocenters. The molecule has 2 N–H and O–H groups in total. The van der Waals surface area contributed by atoms with Crippen LogP contribution in [-0.2, 0) is 0 Å². The quantitative estimate of drug-likeness (QED) is 0.848. The van der Waals surface area contributed by atoms with Crippen molar-refractivity contribution in [2.45, 2.75) is 0 Å². The van der Waals surface area contributed by atoms with Crippen LogP contribution in [0.1, 0.15) is 10.4 Å². The first-order valence-corrected chi connectivity index (χ1v) is 6.12. The summed E-state index contributed by atoms with van der Waals surface area (Å²) >= 11 is 0. The number of amides is 1. The predicted molar refractivity (Wildman–Crippen MR) is 75.3 cm³/mol. The minimum Gasteiger partial charge on any atom is -0.351 e. The molecule has 1 aromatic carbocycles. The summed E-state index contributed by atoms with van der Waals surface area (Å²) in [6, 6.07) is 9.34. The topological polar surface area (TPSA) is 44.4 Å². The first kappa shape index (κ1) is 15.0. The normalized spacial score (nSPS) is 15.8. The fraction of sp³-hybridized carbons (Fsp3) is 0.462. The van der Waals surface area contributed by atoms with Crippen molar-refractivity contribution >= 4 is 18.3 Å². The maximum atomic E-state index is 11.7. The molecular formula is C13H20ClN3O. The van der Waals surface area contributed by atoms with E-state index < -0.39 is 0 Å². The fourth-order valence-corrected chi connectivity index (χ4v) is 1.95. The van der Waals surface area contributed by atoms with Crippen molar-refractivity contribution in [1.82, 2.24) is 15.5 Å². The molecule has 1 aliphatic rings. The van der Waals surface area contributed by atoms with Crippen molar-refractivity contribution in [2.75, 3.05) is 39.3 Å². The highest BCUT2D eigenvalue weighted by molar-refractivity contribution is 5.94. The summed E-state index contributed by atoms with van der Waals surface area (Å²) < 4.78 is 0. The third kappa shape index (κ3) is 4.64. The van der Waals surface area contributed by atoms with Gasteiger partial charge in [-0.1, -0.05) is 18.2 Å². The SMILES string of the molecule is Cl.O=C(NCCN1CCNCC1)c1ccccc1. The van der Waals surface area contributed by atoms with Crippen LogP contribution >= 0.6 is 12.4 Å². The van der Waals surface area contributed by atoms with Crippen LogP contribution in [0.2, 0.25) is 0 Å². The number of carbonyl (C=O) groups excluding carboxylic acids is 1. The molecule has 1 amide bonds. The van der Waals surface area contributed by atoms with E-state index in [2.05, 4.69) is 15.5 Å². The molecule has 1 aromatic rings. The van der Waals surface area contributed by atoms with Gasteiger partial charge in [0.2, 0.25) is 0 Å². The number of nitrogens with one attached hydrogen (secondary N) is 2. The molecule has 0 atom stereocenters. The number of piperazine rings is 1. The van der Waals surface area contributed by atoms with Gasteiger partial charge >= 0.3 is 0 Å². The van der Waals surface area contributed by atoms with Crippen LogP contribution in [0.3, 0.4) is 0 Å². The predicted octanol–water partition coefficient (Wildman–Crippen LogP) is 0.743. The molecule has 5 heteroatoms. The number of benzene rings is 1. The van der Waals surface area contributed by atoms with E-state index in [0.29, 0.717) is 6.54 Å². The number of hydrogen-bond acceptors (Lipinski definition) is 3. The third-order valence-corrected chi connectivity index (χ3v) is 2.96. The average Bonchev–Trinajstić information content (AvgIpc) is 2.41. The first-order chi connectivity index (χ1) is 8.36. The Morgan fingerprint density at radius 1 is 1.22 bits per heavy atom. The number of halogens is 1. The van der Waals surface area contributed by atoms with Gasteiger partial charge in [-0.25, -0.2) is 0 Å². The molecule has 1 aliphatic heterocycles. The van der Waals surface area contributed by atoms with Gasteiger partial charge in [-0.3, -0.25) is 9.69 Å². The molecule has 0 radical (unpaired) electrons. The van der Waals surface area contributed by atoms with Crippen molar-refractivity contribution in [2.24, 2.45) is 0 Å². The molecule has 1 heterocycles. The second-order valence-corrected chi connectivity index (χ2v) is 4.21. The van der Waals surface area contributed by atoms with Gasteiger partial charge in [-0.15, -0.1) is 12.4 Å². The van der Waals surface area contributed by atoms with Crippen molar-refractivity contribution in [1.29, 1.82) is 0 Å². The Labute approximate surface area is 114 Å². The average molecular weight is 270 g/mol. The lowest BCUT2D eigenvalue weighted by atomic mass is 10.2. The van der Waals surface area contributed by atoms with Crippen LogP contribution in [0.5, 0.6) is 0 Å². The highest BCUT2D eigenvalue weighted by atomic mass is 35.5. The molecule has 4 nitrogen and oxygen atoms in total. The van der Waals surface area contributed by atoms with E-state index >= 15 is 0 Å². The molecule has 0 aliphatic carbocycles. The van der Waals surface area contributed by atoms with E-state index in [1.54, 1.807) is 0 Å². The number of carbonyl (C=O) groups is 1. The fourth-order valence-electron chi connectivity index (χ4n) is 1.95. The van der Waals surface area contributed by atoms with Crippen LogP contribution in [0, 0.1) is 0 Å². The summed E-state index contributed by atoms with van der Waals surface area (Å²) in [5.74, 6) is 0.0146. The molecule has 1 saturated heterocycles. The summed E-state index contributed by atoms with van der Waals surface area (Å²) in [6.45, 7) is 5.88. The number of nitrogens with zero attached hydrogens (tertiary/aromatic N) is 1. The summed E-state index contributed by atoms with van der Waals surface area (Å²) in [6.07, 6.45) is 0. The Morgan fingerprint density at radius 2 is 1.89 bits per heavy atom. The molecule has 1 fully saturated rings. The Kier molecular flexibility index (Phi) is 6.72. The first-order valence-electron chi connectivity index (χ1n) is 6.12. The van der Waals surface area contributed by atoms with Gasteiger partial charge in [-0.2, -0.15) is 0 Å². The molecule has 100 valence electrons. The molecule has 0 bridgehead atoms. The largest absolute Gasteiger partial charge is 0.351 e. The van der Waals surface area contributed by atoms with Gasteiger partial charge in [0.05, 0.1) is 0 Å². The van der Waals surface area contributed by atoms with E-state index in [0.717, 1.165) is 38.3 Å². The molecule has 0 saturated carbocycles. The lowest BCUT2D eigenvalue weighted by Gasteiger charge is -2.27. The summed E-state index contributed by atoms with van der Waals surface area (Å²) in [4.78, 5) is 14.1. The molecule has 0 aromatic heterocycles. The van der Waals surface area contributed by atoms with Gasteiger partial charge < -0.3 is 10.6 Å². The second kappa shape index (κ2) is 8.08. The van der Waals surface area contributed by atoms with E-state index in [9.17, 15) is 4.79 Å². The van der Waals surface area contributed by atoms with Crippen molar-refractivity contribution in [3.8, 4) is 0 Å². The van der Waals surface area contributed by atoms with E-state index in [1.165, 1.54) is 0 Å². The number of hydrogen-bond donors (Lipinski definition) is 2. The maximum Gasteiger partial charge on any atom is 0.251 e. The minimum absolute atomic E-state index is 0. The molecule has 0 spiro atoms. The Balaban J connectivity index is 0.00000162. The van der Waals surface area contributed by atoms with E-state index in [1.807, 2.05) is 30.3 Å². The Hall–Kier alpha value is -1.10. The summed E-state index contributed by atoms with van der Waals surface area (Å²) in [5, 5.41) is 6.26. The van der Waals surface area contributed by atoms with Crippen molar-refractivity contribution in [3.63, 3.8) is 0 Å². The van der Waals surface area contributed by atoms with Gasteiger partial charge in [0.15, 0.2) is 0 Å². The van der Waals surface area contributed by atoms with Crippen molar-refractivity contribution in [3.05, 3.63) is 35.9 Å². The Bertz CT molecular complexity index is 353. The van der Waals surface area contributed by atoms with Gasteiger partial charge in [-0.05, 0) is 12.1 Å². The van der Waals surface area contributed by atoms with Gasteiger partial charge in [0.25, 0.3) is 5.91 Å². The monoisotopic (exact) mass is 269 g/mol. The zero-order valence-electron chi connectivity index (χ0n) is 10.4. The van der Waals surface area contributed by atoms with Crippen LogP contribution in [-0.4, -0.2) is 50.1 Å². The van der Waals surface area contributed by atoms with Crippen LogP contribution in [0.15, 0.2) is 30.3 Å². The second-order valence-electron chi connectivity index (χ2n) is 4.21. The van der Waals surface area contributed by atoms with E-state index in [-0.39, 0.29) is 18.3 Å². The molecule has 2 rings (SSSR count). The van der Waals surface area contributed by atoms with Crippen molar-refractivity contribution < 1.29 is 4.79 Å². The lowest BCUT2D eigenvalue weighted by molar-refractivity contribution is 0.0947. The highest BCUT2D eigenvalue weighted by Crippen LogP contribution is 1.97. The molecule has 18 heavy (non-hydrogen) atoms. The van der Waals surface area contributed by atoms with Crippen LogP contribution in [0.4, 0.5) is 0 Å². The standard InChI is InChI=1S/C13H19N3O.ClH/c17-13(12-4-2-1-3-5-12)15-8-11-16-9-6-14-7-10-16;/h1-5,14H,6-11H2,(H,15,17);1H. The van der Waals surface area contributed by atoms with E-state index in [4.69, 9.17) is 0 Å². The lowest BCUT2D eigenvalue weighted by Crippen LogP contribution is -2.46. The third-order valence-electron chi connectivity index (χ3n) is 2.96. The zero-order valence-corrected chi connectivity index (χ0v) is 11.2. The summed E-state index contributed by atoms with van der Waals surface area (Å²) in [7, 11) is 0. The minimum atomic E-state index is 0.